The zero-order valence-electron chi connectivity index (χ0n) is 13.4. The second-order valence-corrected chi connectivity index (χ2v) is 5.42. The number of carbonyl (C=O) groups is 1. The lowest BCUT2D eigenvalue weighted by Gasteiger charge is -2.33. The summed E-state index contributed by atoms with van der Waals surface area (Å²) >= 11 is 0. The standard InChI is InChI=1S/C16H20N4O3/c1-3-22-16(21)12-11-17-14(13-5-4-10-23-13)18-15(12)20-8-6-19(2)7-9-20/h4-5,10-11H,3,6-9H2,1-2H3. The molecular formula is C16H20N4O3. The minimum Gasteiger partial charge on any atom is -0.462 e. The molecule has 1 aliphatic heterocycles. The molecule has 0 aliphatic carbocycles. The Labute approximate surface area is 134 Å². The van der Waals surface area contributed by atoms with E-state index in [4.69, 9.17) is 9.15 Å². The summed E-state index contributed by atoms with van der Waals surface area (Å²) in [5, 5.41) is 0. The van der Waals surface area contributed by atoms with Crippen molar-refractivity contribution >= 4 is 11.8 Å². The van der Waals surface area contributed by atoms with Crippen molar-refractivity contribution in [3.8, 4) is 11.6 Å². The van der Waals surface area contributed by atoms with E-state index in [0.717, 1.165) is 26.2 Å². The number of anilines is 1. The van der Waals surface area contributed by atoms with Gasteiger partial charge in [-0.3, -0.25) is 0 Å². The first-order valence-corrected chi connectivity index (χ1v) is 7.70. The molecule has 23 heavy (non-hydrogen) atoms. The lowest BCUT2D eigenvalue weighted by atomic mass is 10.2. The zero-order valence-corrected chi connectivity index (χ0v) is 13.4. The molecule has 0 atom stereocenters. The Morgan fingerprint density at radius 2 is 2.13 bits per heavy atom. The lowest BCUT2D eigenvalue weighted by Crippen LogP contribution is -2.45. The second-order valence-electron chi connectivity index (χ2n) is 5.42. The van der Waals surface area contributed by atoms with Crippen molar-refractivity contribution < 1.29 is 13.9 Å². The van der Waals surface area contributed by atoms with Crippen molar-refractivity contribution in [1.29, 1.82) is 0 Å². The number of furan rings is 1. The van der Waals surface area contributed by atoms with E-state index in [1.54, 1.807) is 25.3 Å². The van der Waals surface area contributed by atoms with Gasteiger partial charge in [0.15, 0.2) is 11.6 Å². The van der Waals surface area contributed by atoms with Gasteiger partial charge in [0.25, 0.3) is 0 Å². The van der Waals surface area contributed by atoms with Crippen molar-refractivity contribution in [3.63, 3.8) is 0 Å². The molecule has 0 saturated carbocycles. The molecule has 1 aliphatic rings. The molecule has 1 saturated heterocycles. The maximum Gasteiger partial charge on any atom is 0.343 e. The van der Waals surface area contributed by atoms with Gasteiger partial charge in [0, 0.05) is 32.4 Å². The fourth-order valence-electron chi connectivity index (χ4n) is 2.51. The molecule has 3 rings (SSSR count). The number of piperazine rings is 1. The number of hydrogen-bond donors (Lipinski definition) is 0. The zero-order chi connectivity index (χ0) is 16.2. The summed E-state index contributed by atoms with van der Waals surface area (Å²) in [7, 11) is 2.08. The Balaban J connectivity index is 1.97. The average molecular weight is 316 g/mol. The van der Waals surface area contributed by atoms with Crippen molar-refractivity contribution in [1.82, 2.24) is 14.9 Å². The van der Waals surface area contributed by atoms with Crippen molar-refractivity contribution in [2.45, 2.75) is 6.92 Å². The van der Waals surface area contributed by atoms with E-state index in [9.17, 15) is 4.79 Å². The Morgan fingerprint density at radius 1 is 1.35 bits per heavy atom. The number of carbonyl (C=O) groups excluding carboxylic acids is 1. The van der Waals surface area contributed by atoms with E-state index in [-0.39, 0.29) is 0 Å². The van der Waals surface area contributed by atoms with Gasteiger partial charge in [0.1, 0.15) is 11.4 Å². The lowest BCUT2D eigenvalue weighted by molar-refractivity contribution is 0.0526. The van der Waals surface area contributed by atoms with Crippen LogP contribution >= 0.6 is 0 Å². The normalized spacial score (nSPS) is 15.7. The fraction of sp³-hybridized carbons (Fsp3) is 0.438. The predicted octanol–water partition coefficient (Wildman–Crippen LogP) is 1.67. The van der Waals surface area contributed by atoms with Gasteiger partial charge < -0.3 is 19.0 Å². The van der Waals surface area contributed by atoms with Crippen LogP contribution in [0.4, 0.5) is 5.82 Å². The maximum atomic E-state index is 12.2. The van der Waals surface area contributed by atoms with Crippen LogP contribution in [0.2, 0.25) is 0 Å². The summed E-state index contributed by atoms with van der Waals surface area (Å²) < 4.78 is 10.5. The van der Waals surface area contributed by atoms with Crippen LogP contribution in [-0.4, -0.2) is 60.7 Å². The second kappa shape index (κ2) is 6.78. The van der Waals surface area contributed by atoms with Crippen LogP contribution in [0.25, 0.3) is 11.6 Å². The fourth-order valence-corrected chi connectivity index (χ4v) is 2.51. The van der Waals surface area contributed by atoms with Crippen molar-refractivity contribution in [3.05, 3.63) is 30.2 Å². The highest BCUT2D eigenvalue weighted by Gasteiger charge is 2.24. The smallest absolute Gasteiger partial charge is 0.343 e. The number of ether oxygens (including phenoxy) is 1. The third kappa shape index (κ3) is 3.34. The number of aromatic nitrogens is 2. The van der Waals surface area contributed by atoms with Crippen LogP contribution in [-0.2, 0) is 4.74 Å². The molecule has 2 aromatic rings. The summed E-state index contributed by atoms with van der Waals surface area (Å²) in [5.41, 5.74) is 0.395. The maximum absolute atomic E-state index is 12.2. The Kier molecular flexibility index (Phi) is 4.57. The van der Waals surface area contributed by atoms with Crippen LogP contribution in [0.3, 0.4) is 0 Å². The number of esters is 1. The summed E-state index contributed by atoms with van der Waals surface area (Å²) in [4.78, 5) is 25.4. The highest BCUT2D eigenvalue weighted by molar-refractivity contribution is 5.94. The first kappa shape index (κ1) is 15.5. The molecule has 0 bridgehead atoms. The summed E-state index contributed by atoms with van der Waals surface area (Å²) in [6, 6.07) is 3.58. The summed E-state index contributed by atoms with van der Waals surface area (Å²) in [6.07, 6.45) is 3.10. The third-order valence-corrected chi connectivity index (χ3v) is 3.81. The molecule has 1 fully saturated rings. The molecule has 7 heteroatoms. The van der Waals surface area contributed by atoms with Gasteiger partial charge in [-0.05, 0) is 26.1 Å². The van der Waals surface area contributed by atoms with Gasteiger partial charge in [-0.2, -0.15) is 0 Å². The predicted molar refractivity (Wildman–Crippen MR) is 85.4 cm³/mol. The molecule has 0 amide bonds. The minimum absolute atomic E-state index is 0.320. The molecule has 3 heterocycles. The van der Waals surface area contributed by atoms with Crippen LogP contribution < -0.4 is 4.90 Å². The first-order chi connectivity index (χ1) is 11.2. The molecule has 2 aromatic heterocycles. The van der Waals surface area contributed by atoms with E-state index in [2.05, 4.69) is 26.8 Å². The van der Waals surface area contributed by atoms with Gasteiger partial charge in [0.05, 0.1) is 12.9 Å². The molecule has 0 aromatic carbocycles. The number of likely N-dealkylation sites (N-methyl/N-ethyl adjacent to an activating group) is 1. The Bertz CT molecular complexity index is 664. The van der Waals surface area contributed by atoms with Gasteiger partial charge >= 0.3 is 5.97 Å². The molecule has 0 unspecified atom stereocenters. The van der Waals surface area contributed by atoms with Crippen molar-refractivity contribution in [2.75, 3.05) is 44.7 Å². The van der Waals surface area contributed by atoms with E-state index in [1.807, 2.05) is 0 Å². The Hall–Kier alpha value is -2.41. The largest absolute Gasteiger partial charge is 0.462 e. The average Bonchev–Trinajstić information content (AvgIpc) is 3.10. The minimum atomic E-state index is -0.396. The van der Waals surface area contributed by atoms with E-state index in [0.29, 0.717) is 29.6 Å². The van der Waals surface area contributed by atoms with Crippen LogP contribution in [0, 0.1) is 0 Å². The van der Waals surface area contributed by atoms with E-state index < -0.39 is 5.97 Å². The molecule has 0 N–H and O–H groups in total. The number of nitrogens with zero attached hydrogens (tertiary/aromatic N) is 4. The molecular weight excluding hydrogens is 296 g/mol. The third-order valence-electron chi connectivity index (χ3n) is 3.81. The van der Waals surface area contributed by atoms with Gasteiger partial charge in [0.2, 0.25) is 0 Å². The number of rotatable bonds is 4. The molecule has 0 radical (unpaired) electrons. The number of hydrogen-bond acceptors (Lipinski definition) is 7. The van der Waals surface area contributed by atoms with Crippen LogP contribution in [0.15, 0.2) is 29.0 Å². The first-order valence-electron chi connectivity index (χ1n) is 7.70. The molecule has 0 spiro atoms. The monoisotopic (exact) mass is 316 g/mol. The molecule has 122 valence electrons. The van der Waals surface area contributed by atoms with Crippen LogP contribution in [0.1, 0.15) is 17.3 Å². The quantitative estimate of drug-likeness (QED) is 0.794. The van der Waals surface area contributed by atoms with Crippen LogP contribution in [0.5, 0.6) is 0 Å². The highest BCUT2D eigenvalue weighted by atomic mass is 16.5. The summed E-state index contributed by atoms with van der Waals surface area (Å²) in [5.74, 6) is 1.26. The topological polar surface area (TPSA) is 71.7 Å². The van der Waals surface area contributed by atoms with Gasteiger partial charge in [-0.1, -0.05) is 0 Å². The Morgan fingerprint density at radius 3 is 2.78 bits per heavy atom. The van der Waals surface area contributed by atoms with E-state index >= 15 is 0 Å². The highest BCUT2D eigenvalue weighted by Crippen LogP contribution is 2.24. The van der Waals surface area contributed by atoms with Gasteiger partial charge in [-0.15, -0.1) is 0 Å². The van der Waals surface area contributed by atoms with Gasteiger partial charge in [-0.25, -0.2) is 14.8 Å². The summed E-state index contributed by atoms with van der Waals surface area (Å²) in [6.45, 7) is 5.55. The molecule has 7 nitrogen and oxygen atoms in total. The SMILES string of the molecule is CCOC(=O)c1cnc(-c2ccco2)nc1N1CCN(C)CC1. The van der Waals surface area contributed by atoms with Crippen molar-refractivity contribution in [2.24, 2.45) is 0 Å². The van der Waals surface area contributed by atoms with E-state index in [1.165, 1.54) is 6.20 Å².